The molecule has 31 heavy (non-hydrogen) atoms. The second-order valence-electron chi connectivity index (χ2n) is 7.47. The molecule has 1 fully saturated rings. The number of carbonyl (C=O) groups is 1. The fourth-order valence-electron chi connectivity index (χ4n) is 3.49. The summed E-state index contributed by atoms with van der Waals surface area (Å²) in [6.07, 6.45) is 4.85. The molecule has 168 valence electrons. The second kappa shape index (κ2) is 10.9. The number of rotatable bonds is 11. The molecule has 2 atom stereocenters. The summed E-state index contributed by atoms with van der Waals surface area (Å²) in [7, 11) is 0. The Balaban J connectivity index is 1.49. The van der Waals surface area contributed by atoms with Crippen LogP contribution in [0.3, 0.4) is 0 Å². The van der Waals surface area contributed by atoms with Crippen LogP contribution >= 0.6 is 0 Å². The van der Waals surface area contributed by atoms with Crippen molar-refractivity contribution < 1.29 is 23.4 Å². The number of H-pyrrole nitrogens is 1. The Kier molecular flexibility index (Phi) is 8.05. The third-order valence-corrected chi connectivity index (χ3v) is 5.26. The summed E-state index contributed by atoms with van der Waals surface area (Å²) >= 11 is 0. The highest BCUT2D eigenvalue weighted by Gasteiger charge is 2.39. The van der Waals surface area contributed by atoms with Gasteiger partial charge in [0.05, 0.1) is 12.6 Å². The molecule has 1 aliphatic heterocycles. The summed E-state index contributed by atoms with van der Waals surface area (Å²) in [4.78, 5) is 13.7. The van der Waals surface area contributed by atoms with Crippen molar-refractivity contribution >= 4 is 6.09 Å². The number of carbonyl (C=O) groups excluding carboxylic acids is 1. The predicted molar refractivity (Wildman–Crippen MR) is 108 cm³/mol. The minimum atomic E-state index is -3.42. The van der Waals surface area contributed by atoms with Gasteiger partial charge < -0.3 is 14.7 Å². The number of aliphatic hydroxyl groups excluding tert-OH is 1. The number of halogens is 2. The molecule has 2 heterocycles. The first kappa shape index (κ1) is 22.8. The third kappa shape index (κ3) is 6.30. The highest BCUT2D eigenvalue weighted by atomic mass is 19.3. The van der Waals surface area contributed by atoms with E-state index in [1.54, 1.807) is 6.07 Å². The molecule has 2 N–H and O–H groups in total. The molecule has 0 bridgehead atoms. The minimum Gasteiger partial charge on any atom is -0.449 e. The molecule has 0 spiro atoms. The number of ether oxygens (including phenoxy) is 1. The summed E-state index contributed by atoms with van der Waals surface area (Å²) < 4.78 is 34.1. The third-order valence-electron chi connectivity index (χ3n) is 5.26. The lowest BCUT2D eigenvalue weighted by Gasteiger charge is -2.33. The number of aryl methyl sites for hydroxylation is 1. The number of benzene rings is 1. The number of aliphatic hydroxyl groups is 1. The SMILES string of the molecule is O=C1OCC[C@H](C=C[C@@H](O)C(F)(F)c2ccccc2)N1CCCCCCc1nn[nH]n1. The largest absolute Gasteiger partial charge is 0.449 e. The van der Waals surface area contributed by atoms with Gasteiger partial charge in [0.1, 0.15) is 6.10 Å². The van der Waals surface area contributed by atoms with Crippen molar-refractivity contribution in [3.8, 4) is 0 Å². The van der Waals surface area contributed by atoms with Crippen LogP contribution < -0.4 is 0 Å². The zero-order chi connectivity index (χ0) is 22.1. The molecule has 1 saturated heterocycles. The van der Waals surface area contributed by atoms with Crippen LogP contribution in [0.2, 0.25) is 0 Å². The van der Waals surface area contributed by atoms with Gasteiger partial charge in [0, 0.05) is 24.9 Å². The topological polar surface area (TPSA) is 104 Å². The minimum absolute atomic E-state index is 0.222. The van der Waals surface area contributed by atoms with Gasteiger partial charge in [-0.25, -0.2) is 4.79 Å². The van der Waals surface area contributed by atoms with Crippen molar-refractivity contribution in [1.82, 2.24) is 25.5 Å². The van der Waals surface area contributed by atoms with Gasteiger partial charge in [0.25, 0.3) is 0 Å². The number of aromatic amines is 1. The molecule has 10 heteroatoms. The van der Waals surface area contributed by atoms with Gasteiger partial charge in [-0.05, 0) is 12.8 Å². The van der Waals surface area contributed by atoms with Gasteiger partial charge in [-0.1, -0.05) is 60.5 Å². The standard InChI is InChI=1S/C21H27F2N5O3/c22-21(23,16-8-4-3-5-9-16)18(29)12-11-17-13-15-31-20(30)28(17)14-7-2-1-6-10-19-24-26-27-25-19/h3-5,8-9,11-12,17-18,29H,1-2,6-7,10,13-15H2,(H,24,25,26,27)/t17-,18+/m0/s1. The monoisotopic (exact) mass is 435 g/mol. The van der Waals surface area contributed by atoms with E-state index < -0.39 is 18.1 Å². The number of hydrogen-bond donors (Lipinski definition) is 2. The van der Waals surface area contributed by atoms with Crippen LogP contribution in [0.1, 0.15) is 43.5 Å². The van der Waals surface area contributed by atoms with Gasteiger partial charge in [-0.2, -0.15) is 14.0 Å². The molecule has 0 radical (unpaired) electrons. The molecule has 1 amide bonds. The number of hydrogen-bond acceptors (Lipinski definition) is 6. The Hall–Kier alpha value is -2.88. The van der Waals surface area contributed by atoms with Crippen molar-refractivity contribution in [1.29, 1.82) is 0 Å². The van der Waals surface area contributed by atoms with Gasteiger partial charge in [-0.3, -0.25) is 0 Å². The maximum atomic E-state index is 14.5. The van der Waals surface area contributed by atoms with Crippen molar-refractivity contribution in [3.63, 3.8) is 0 Å². The fourth-order valence-corrected chi connectivity index (χ4v) is 3.49. The van der Waals surface area contributed by atoms with E-state index in [1.165, 1.54) is 35.2 Å². The summed E-state index contributed by atoms with van der Waals surface area (Å²) in [5.74, 6) is -2.74. The number of nitrogens with one attached hydrogen (secondary N) is 1. The molecule has 0 aliphatic carbocycles. The quantitative estimate of drug-likeness (QED) is 0.415. The molecular formula is C21H27F2N5O3. The van der Waals surface area contributed by atoms with Crippen molar-refractivity contribution in [2.75, 3.05) is 13.2 Å². The lowest BCUT2D eigenvalue weighted by atomic mass is 10.0. The lowest BCUT2D eigenvalue weighted by Crippen LogP contribution is -2.45. The Morgan fingerprint density at radius 1 is 1.26 bits per heavy atom. The Labute approximate surface area is 179 Å². The molecule has 2 aromatic rings. The van der Waals surface area contributed by atoms with Crippen LogP contribution in [0.25, 0.3) is 0 Å². The second-order valence-corrected chi connectivity index (χ2v) is 7.47. The molecular weight excluding hydrogens is 408 g/mol. The number of amides is 1. The van der Waals surface area contributed by atoms with Gasteiger partial charge in [0.15, 0.2) is 5.82 Å². The highest BCUT2D eigenvalue weighted by Crippen LogP contribution is 2.32. The van der Waals surface area contributed by atoms with Crippen LogP contribution in [0.15, 0.2) is 42.5 Å². The van der Waals surface area contributed by atoms with Gasteiger partial charge >= 0.3 is 12.0 Å². The number of alkyl halides is 2. The van der Waals surface area contributed by atoms with E-state index in [0.29, 0.717) is 18.8 Å². The van der Waals surface area contributed by atoms with E-state index in [2.05, 4.69) is 20.6 Å². The van der Waals surface area contributed by atoms with Crippen LogP contribution in [0.4, 0.5) is 13.6 Å². The molecule has 0 unspecified atom stereocenters. The van der Waals surface area contributed by atoms with Crippen LogP contribution in [0.5, 0.6) is 0 Å². The maximum absolute atomic E-state index is 14.5. The van der Waals surface area contributed by atoms with E-state index in [-0.39, 0.29) is 18.2 Å². The number of unbranched alkanes of at least 4 members (excludes halogenated alkanes) is 3. The first-order valence-electron chi connectivity index (χ1n) is 10.4. The average molecular weight is 435 g/mol. The molecule has 3 rings (SSSR count). The number of cyclic esters (lactones) is 1. The van der Waals surface area contributed by atoms with E-state index in [0.717, 1.165) is 38.2 Å². The number of nitrogens with zero attached hydrogens (tertiary/aromatic N) is 4. The Morgan fingerprint density at radius 3 is 2.77 bits per heavy atom. The summed E-state index contributed by atoms with van der Waals surface area (Å²) in [5, 5.41) is 23.8. The number of aromatic nitrogens is 4. The molecule has 8 nitrogen and oxygen atoms in total. The molecule has 1 aromatic carbocycles. The van der Waals surface area contributed by atoms with Crippen LogP contribution in [0, 0.1) is 0 Å². The smallest absolute Gasteiger partial charge is 0.410 e. The first-order valence-corrected chi connectivity index (χ1v) is 10.4. The predicted octanol–water partition coefficient (Wildman–Crippen LogP) is 3.22. The van der Waals surface area contributed by atoms with E-state index in [1.807, 2.05) is 0 Å². The lowest BCUT2D eigenvalue weighted by molar-refractivity contribution is -0.0930. The van der Waals surface area contributed by atoms with E-state index in [9.17, 15) is 18.7 Å². The van der Waals surface area contributed by atoms with Crippen molar-refractivity contribution in [2.45, 2.75) is 56.6 Å². The molecule has 0 saturated carbocycles. The van der Waals surface area contributed by atoms with Crippen LogP contribution in [-0.4, -0.2) is 62.0 Å². The molecule has 1 aromatic heterocycles. The zero-order valence-corrected chi connectivity index (χ0v) is 17.2. The van der Waals surface area contributed by atoms with E-state index >= 15 is 0 Å². The van der Waals surface area contributed by atoms with E-state index in [4.69, 9.17) is 4.74 Å². The average Bonchev–Trinajstić information content (AvgIpc) is 3.29. The summed E-state index contributed by atoms with van der Waals surface area (Å²) in [6, 6.07) is 6.81. The first-order chi connectivity index (χ1) is 15.0. The summed E-state index contributed by atoms with van der Waals surface area (Å²) in [6.45, 7) is 0.682. The molecule has 1 aliphatic rings. The normalized spacial score (nSPS) is 18.4. The highest BCUT2D eigenvalue weighted by molar-refractivity contribution is 5.69. The maximum Gasteiger partial charge on any atom is 0.410 e. The van der Waals surface area contributed by atoms with Crippen LogP contribution in [-0.2, 0) is 17.1 Å². The Morgan fingerprint density at radius 2 is 2.03 bits per heavy atom. The number of tetrazole rings is 1. The van der Waals surface area contributed by atoms with Gasteiger partial charge in [0.2, 0.25) is 0 Å². The van der Waals surface area contributed by atoms with Gasteiger partial charge in [-0.15, -0.1) is 10.2 Å². The zero-order valence-electron chi connectivity index (χ0n) is 17.2. The van der Waals surface area contributed by atoms with Crippen molar-refractivity contribution in [3.05, 3.63) is 53.9 Å². The fraction of sp³-hybridized carbons (Fsp3) is 0.524. The van der Waals surface area contributed by atoms with Crippen molar-refractivity contribution in [2.24, 2.45) is 0 Å². The summed E-state index contributed by atoms with van der Waals surface area (Å²) in [5.41, 5.74) is -0.257. The Bertz CT molecular complexity index is 833.